The Bertz CT molecular complexity index is 244. The summed E-state index contributed by atoms with van der Waals surface area (Å²) in [5, 5.41) is 22.8. The summed E-state index contributed by atoms with van der Waals surface area (Å²) < 4.78 is 0. The lowest BCUT2D eigenvalue weighted by Gasteiger charge is -2.30. The molecule has 4 nitrogen and oxygen atoms in total. The molecule has 2 fully saturated rings. The van der Waals surface area contributed by atoms with E-state index in [1.165, 1.54) is 38.5 Å². The summed E-state index contributed by atoms with van der Waals surface area (Å²) in [6.07, 6.45) is 7.24. The molecule has 0 bridgehead atoms. The molecule has 2 rings (SSSR count). The molecule has 1 aliphatic carbocycles. The van der Waals surface area contributed by atoms with Crippen LogP contribution in [0.15, 0.2) is 0 Å². The van der Waals surface area contributed by atoms with Gasteiger partial charge in [0, 0.05) is 19.7 Å². The molecule has 112 valence electrons. The number of hydrogen-bond acceptors (Lipinski definition) is 4. The van der Waals surface area contributed by atoms with Crippen LogP contribution in [-0.4, -0.2) is 60.5 Å². The molecular weight excluding hydrogens is 240 g/mol. The lowest BCUT2D eigenvalue weighted by atomic mass is 9.79. The Labute approximate surface area is 117 Å². The molecular formula is C15H30N2O2. The van der Waals surface area contributed by atoms with Crippen molar-refractivity contribution in [1.82, 2.24) is 10.2 Å². The van der Waals surface area contributed by atoms with E-state index in [9.17, 15) is 10.2 Å². The second kappa shape index (κ2) is 8.20. The Morgan fingerprint density at radius 2 is 1.74 bits per heavy atom. The van der Waals surface area contributed by atoms with Gasteiger partial charge in [-0.3, -0.25) is 0 Å². The van der Waals surface area contributed by atoms with Crippen molar-refractivity contribution in [3.8, 4) is 0 Å². The van der Waals surface area contributed by atoms with Gasteiger partial charge in [0.2, 0.25) is 0 Å². The van der Waals surface area contributed by atoms with Gasteiger partial charge >= 0.3 is 0 Å². The Kier molecular flexibility index (Phi) is 6.57. The average Bonchev–Trinajstić information content (AvgIpc) is 2.92. The van der Waals surface area contributed by atoms with Crippen LogP contribution in [0.25, 0.3) is 0 Å². The van der Waals surface area contributed by atoms with Crippen LogP contribution in [0.2, 0.25) is 0 Å². The Morgan fingerprint density at radius 3 is 2.42 bits per heavy atom. The van der Waals surface area contributed by atoms with E-state index >= 15 is 0 Å². The van der Waals surface area contributed by atoms with Crippen LogP contribution in [0.3, 0.4) is 0 Å². The Balaban J connectivity index is 1.59. The van der Waals surface area contributed by atoms with E-state index in [4.69, 9.17) is 0 Å². The monoisotopic (exact) mass is 270 g/mol. The van der Waals surface area contributed by atoms with E-state index in [-0.39, 0.29) is 6.10 Å². The summed E-state index contributed by atoms with van der Waals surface area (Å²) in [4.78, 5) is 2.35. The van der Waals surface area contributed by atoms with Crippen LogP contribution >= 0.6 is 0 Å². The van der Waals surface area contributed by atoms with Crippen LogP contribution in [0, 0.1) is 11.8 Å². The number of rotatable bonds is 7. The van der Waals surface area contributed by atoms with E-state index in [2.05, 4.69) is 10.2 Å². The average molecular weight is 270 g/mol. The summed E-state index contributed by atoms with van der Waals surface area (Å²) in [5.41, 5.74) is 0. The summed E-state index contributed by atoms with van der Waals surface area (Å²) in [7, 11) is 0. The van der Waals surface area contributed by atoms with Gasteiger partial charge < -0.3 is 20.4 Å². The van der Waals surface area contributed by atoms with Gasteiger partial charge in [0.25, 0.3) is 0 Å². The van der Waals surface area contributed by atoms with Gasteiger partial charge in [-0.05, 0) is 57.2 Å². The van der Waals surface area contributed by atoms with Crippen molar-refractivity contribution in [2.24, 2.45) is 11.8 Å². The van der Waals surface area contributed by atoms with E-state index < -0.39 is 0 Å². The van der Waals surface area contributed by atoms with Crippen molar-refractivity contribution in [3.05, 3.63) is 0 Å². The maximum absolute atomic E-state index is 10.0. The van der Waals surface area contributed by atoms with Crippen molar-refractivity contribution in [3.63, 3.8) is 0 Å². The number of likely N-dealkylation sites (tertiary alicyclic amines) is 1. The molecule has 1 saturated heterocycles. The molecule has 1 saturated carbocycles. The van der Waals surface area contributed by atoms with E-state index in [1.807, 2.05) is 0 Å². The van der Waals surface area contributed by atoms with Gasteiger partial charge in [-0.25, -0.2) is 0 Å². The lowest BCUT2D eigenvalue weighted by Crippen LogP contribution is -2.40. The first-order chi connectivity index (χ1) is 9.29. The number of β-amino-alcohol motifs (C(OH)–C–C–N with tert-alkyl or cyclic N) is 1. The number of hydrogen-bond donors (Lipinski definition) is 3. The second-order valence-corrected chi connectivity index (χ2v) is 6.31. The maximum Gasteiger partial charge on any atom is 0.0791 e. The van der Waals surface area contributed by atoms with Crippen molar-refractivity contribution >= 4 is 0 Å². The summed E-state index contributed by atoms with van der Waals surface area (Å²) in [5.74, 6) is 1.06. The smallest absolute Gasteiger partial charge is 0.0791 e. The minimum absolute atomic E-state index is 0.255. The van der Waals surface area contributed by atoms with Crippen LogP contribution in [0.1, 0.15) is 38.5 Å². The number of aliphatic hydroxyl groups is 2. The summed E-state index contributed by atoms with van der Waals surface area (Å²) in [6.45, 7) is 5.05. The van der Waals surface area contributed by atoms with Crippen molar-refractivity contribution < 1.29 is 10.2 Å². The highest BCUT2D eigenvalue weighted by Crippen LogP contribution is 2.28. The Hall–Kier alpha value is -0.160. The lowest BCUT2D eigenvalue weighted by molar-refractivity contribution is 0.110. The first kappa shape index (κ1) is 15.2. The predicted octanol–water partition coefficient (Wildman–Crippen LogP) is 0.831. The zero-order chi connectivity index (χ0) is 13.5. The zero-order valence-corrected chi connectivity index (χ0v) is 12.1. The van der Waals surface area contributed by atoms with Gasteiger partial charge in [-0.2, -0.15) is 0 Å². The normalized spacial score (nSPS) is 30.6. The minimum Gasteiger partial charge on any atom is -0.396 e. The van der Waals surface area contributed by atoms with E-state index in [1.54, 1.807) is 0 Å². The van der Waals surface area contributed by atoms with Crippen molar-refractivity contribution in [2.75, 3.05) is 39.3 Å². The summed E-state index contributed by atoms with van der Waals surface area (Å²) in [6, 6.07) is 0. The van der Waals surface area contributed by atoms with Crippen LogP contribution in [0.5, 0.6) is 0 Å². The number of nitrogens with one attached hydrogen (secondary N) is 1. The minimum atomic E-state index is -0.255. The third-order valence-electron chi connectivity index (χ3n) is 4.76. The van der Waals surface area contributed by atoms with Gasteiger partial charge in [-0.1, -0.05) is 12.8 Å². The van der Waals surface area contributed by atoms with Gasteiger partial charge in [0.1, 0.15) is 0 Å². The van der Waals surface area contributed by atoms with E-state index in [0.717, 1.165) is 26.2 Å². The fraction of sp³-hybridized carbons (Fsp3) is 1.00. The second-order valence-electron chi connectivity index (χ2n) is 6.31. The topological polar surface area (TPSA) is 55.7 Å². The molecule has 2 aliphatic rings. The van der Waals surface area contributed by atoms with Crippen LogP contribution in [-0.2, 0) is 0 Å². The Morgan fingerprint density at radius 1 is 1.05 bits per heavy atom. The molecule has 0 aromatic carbocycles. The van der Waals surface area contributed by atoms with Crippen LogP contribution in [0.4, 0.5) is 0 Å². The first-order valence-corrected chi connectivity index (χ1v) is 8.01. The highest BCUT2D eigenvalue weighted by molar-refractivity contribution is 4.78. The van der Waals surface area contributed by atoms with Crippen LogP contribution < -0.4 is 5.32 Å². The first-order valence-electron chi connectivity index (χ1n) is 8.01. The predicted molar refractivity (Wildman–Crippen MR) is 77.1 cm³/mol. The molecule has 1 heterocycles. The van der Waals surface area contributed by atoms with E-state index in [0.29, 0.717) is 25.0 Å². The molecule has 0 aromatic rings. The van der Waals surface area contributed by atoms with Gasteiger partial charge in [0.05, 0.1) is 6.10 Å². The SMILES string of the molecule is OCC1CCCCC1CNCC(O)CN1CCCC1. The fourth-order valence-corrected chi connectivity index (χ4v) is 3.56. The standard InChI is InChI=1S/C15H30N2O2/c18-12-14-6-2-1-5-13(14)9-16-10-15(19)11-17-7-3-4-8-17/h13-16,18-19H,1-12H2. The van der Waals surface area contributed by atoms with Gasteiger partial charge in [-0.15, -0.1) is 0 Å². The van der Waals surface area contributed by atoms with Gasteiger partial charge in [0.15, 0.2) is 0 Å². The molecule has 3 unspecified atom stereocenters. The summed E-state index contributed by atoms with van der Waals surface area (Å²) >= 11 is 0. The quantitative estimate of drug-likeness (QED) is 0.641. The number of aliphatic hydroxyl groups excluding tert-OH is 2. The zero-order valence-electron chi connectivity index (χ0n) is 12.1. The van der Waals surface area contributed by atoms with Crippen molar-refractivity contribution in [2.45, 2.75) is 44.6 Å². The highest BCUT2D eigenvalue weighted by Gasteiger charge is 2.24. The highest BCUT2D eigenvalue weighted by atomic mass is 16.3. The number of nitrogens with zero attached hydrogens (tertiary/aromatic N) is 1. The molecule has 0 aromatic heterocycles. The molecule has 0 amide bonds. The molecule has 3 N–H and O–H groups in total. The largest absolute Gasteiger partial charge is 0.396 e. The maximum atomic E-state index is 10.0. The molecule has 4 heteroatoms. The van der Waals surface area contributed by atoms with Crippen molar-refractivity contribution in [1.29, 1.82) is 0 Å². The fourth-order valence-electron chi connectivity index (χ4n) is 3.56. The molecule has 3 atom stereocenters. The molecule has 19 heavy (non-hydrogen) atoms. The third-order valence-corrected chi connectivity index (χ3v) is 4.76. The molecule has 0 spiro atoms. The third kappa shape index (κ3) is 5.03. The molecule has 1 aliphatic heterocycles. The molecule has 0 radical (unpaired) electrons.